The second-order valence-electron chi connectivity index (χ2n) is 14.7. The molecule has 9 amide bonds. The predicted molar refractivity (Wildman–Crippen MR) is 216 cm³/mol. The second-order valence-corrected chi connectivity index (χ2v) is 14.7. The van der Waals surface area contributed by atoms with Gasteiger partial charge in [-0.3, -0.25) is 48.1 Å². The fourth-order valence-electron chi connectivity index (χ4n) is 5.83. The molecule has 1 saturated heterocycles. The summed E-state index contributed by atoms with van der Waals surface area (Å²) in [6, 6.07) is 0.707. The highest BCUT2D eigenvalue weighted by molar-refractivity contribution is 5.98. The van der Waals surface area contributed by atoms with Gasteiger partial charge in [-0.25, -0.2) is 0 Å². The Kier molecular flexibility index (Phi) is 20.3. The molecule has 21 heteroatoms. The molecule has 0 unspecified atom stereocenters. The van der Waals surface area contributed by atoms with Gasteiger partial charge >= 0.3 is 0 Å². The van der Waals surface area contributed by atoms with Crippen LogP contribution in [-0.2, 0) is 49.6 Å². The summed E-state index contributed by atoms with van der Waals surface area (Å²) >= 11 is 0. The fourth-order valence-corrected chi connectivity index (χ4v) is 5.83. The number of hydrogen-bond donors (Lipinski definition) is 11. The number of aliphatic imine (C=N–C) groups is 1. The number of rotatable bonds is 18. The molecule has 0 bridgehead atoms. The SMILES string of the molecule is CC[C@H](NC(=O)[C@H](C)NC(=O)[C@H](C)NC(C)=O)C(=O)N[C@@H](CCCN=C(N)N)C(=O)N[C@H]1CNC(=O)CNC(=O)[C@H](Cc2ccccc2)NC(=O)[C@H](CC(C)C)NC1=O. The Hall–Kier alpha value is -6.28. The van der Waals surface area contributed by atoms with E-state index in [1.807, 2.05) is 13.8 Å². The molecule has 0 saturated carbocycles. The molecule has 13 N–H and O–H groups in total. The van der Waals surface area contributed by atoms with Crippen LogP contribution in [0.3, 0.4) is 0 Å². The van der Waals surface area contributed by atoms with Crippen LogP contribution in [0, 0.1) is 5.92 Å². The van der Waals surface area contributed by atoms with E-state index in [0.29, 0.717) is 0 Å². The first-order chi connectivity index (χ1) is 27.8. The average Bonchev–Trinajstić information content (AvgIpc) is 3.17. The largest absolute Gasteiger partial charge is 0.370 e. The quantitative estimate of drug-likeness (QED) is 0.0391. The number of carbonyl (C=O) groups is 9. The van der Waals surface area contributed by atoms with Crippen LogP contribution >= 0.6 is 0 Å². The van der Waals surface area contributed by atoms with E-state index in [0.717, 1.165) is 5.56 Å². The van der Waals surface area contributed by atoms with Crippen molar-refractivity contribution in [3.05, 3.63) is 35.9 Å². The molecular formula is C38H60N12O9. The van der Waals surface area contributed by atoms with E-state index in [1.165, 1.54) is 20.8 Å². The van der Waals surface area contributed by atoms with Gasteiger partial charge in [-0.1, -0.05) is 51.1 Å². The zero-order valence-electron chi connectivity index (χ0n) is 34.4. The third-order valence-electron chi connectivity index (χ3n) is 9.00. The fraction of sp³-hybridized carbons (Fsp3) is 0.579. The number of carbonyl (C=O) groups excluding carboxylic acids is 9. The molecule has 1 aromatic rings. The first-order valence-electron chi connectivity index (χ1n) is 19.5. The Labute approximate surface area is 343 Å². The van der Waals surface area contributed by atoms with E-state index in [9.17, 15) is 43.2 Å². The first kappa shape index (κ1) is 48.9. The average molecular weight is 829 g/mol. The number of nitrogens with two attached hydrogens (primary N) is 2. The highest BCUT2D eigenvalue weighted by Gasteiger charge is 2.34. The van der Waals surface area contributed by atoms with Crippen LogP contribution in [0.1, 0.15) is 72.8 Å². The highest BCUT2D eigenvalue weighted by Crippen LogP contribution is 2.10. The van der Waals surface area contributed by atoms with Crippen LogP contribution in [-0.4, -0.2) is 121 Å². The summed E-state index contributed by atoms with van der Waals surface area (Å²) in [5, 5.41) is 23.0. The minimum Gasteiger partial charge on any atom is -0.370 e. The molecule has 1 heterocycles. The highest BCUT2D eigenvalue weighted by atomic mass is 16.2. The van der Waals surface area contributed by atoms with E-state index >= 15 is 0 Å². The van der Waals surface area contributed by atoms with Gasteiger partial charge in [0.05, 0.1) is 6.54 Å². The summed E-state index contributed by atoms with van der Waals surface area (Å²) in [5.74, 6) is -6.49. The molecule has 1 aliphatic heterocycles. The Morgan fingerprint density at radius 1 is 0.763 bits per heavy atom. The molecule has 1 aliphatic rings. The van der Waals surface area contributed by atoms with Crippen LogP contribution < -0.4 is 59.3 Å². The molecule has 2 rings (SSSR count). The first-order valence-corrected chi connectivity index (χ1v) is 19.5. The van der Waals surface area contributed by atoms with Crippen molar-refractivity contribution < 1.29 is 43.2 Å². The Bertz CT molecular complexity index is 1690. The topological polar surface area (TPSA) is 326 Å². The van der Waals surface area contributed by atoms with Crippen molar-refractivity contribution in [3.8, 4) is 0 Å². The van der Waals surface area contributed by atoms with E-state index in [1.54, 1.807) is 37.3 Å². The maximum Gasteiger partial charge on any atom is 0.245 e. The maximum atomic E-state index is 13.9. The summed E-state index contributed by atoms with van der Waals surface area (Å²) in [6.45, 7) is 8.46. The standard InChI is InChI=1S/C38H60N12O9/c1-7-25(46-32(54)22(5)45-31(53)21(4)44-23(6)51)34(56)47-26(14-11-15-41-38(39)40)35(57)50-29-18-42-30(52)19-43-33(55)28(17-24-12-9-8-10-13-24)49-36(58)27(16-20(2)3)48-37(29)59/h8-10,12-13,20-22,25-29H,7,11,14-19H2,1-6H3,(H,42,52)(H,43,55)(H,44,51)(H,45,53)(H,46,54)(H,47,56)(H,48,59)(H,49,58)(H,50,57)(H4,39,40,41)/t21-,22-,25-,26-,27-,28-,29-/m0/s1. The van der Waals surface area contributed by atoms with E-state index in [4.69, 9.17) is 11.5 Å². The number of hydrogen-bond acceptors (Lipinski definition) is 10. The Morgan fingerprint density at radius 3 is 1.98 bits per heavy atom. The molecule has 21 nitrogen and oxygen atoms in total. The van der Waals surface area contributed by atoms with Crippen molar-refractivity contribution in [2.75, 3.05) is 19.6 Å². The van der Waals surface area contributed by atoms with Gasteiger partial charge in [-0.2, -0.15) is 0 Å². The Morgan fingerprint density at radius 2 is 1.37 bits per heavy atom. The molecule has 0 radical (unpaired) electrons. The predicted octanol–water partition coefficient (Wildman–Crippen LogP) is -3.56. The molecule has 0 aromatic heterocycles. The van der Waals surface area contributed by atoms with Crippen molar-refractivity contribution in [2.24, 2.45) is 22.4 Å². The monoisotopic (exact) mass is 828 g/mol. The molecular weight excluding hydrogens is 768 g/mol. The Balaban J connectivity index is 2.32. The minimum absolute atomic E-state index is 0.0415. The van der Waals surface area contributed by atoms with Crippen LogP contribution in [0.5, 0.6) is 0 Å². The second kappa shape index (κ2) is 24.5. The zero-order valence-corrected chi connectivity index (χ0v) is 34.4. The van der Waals surface area contributed by atoms with Gasteiger partial charge < -0.3 is 59.3 Å². The number of amides is 9. The van der Waals surface area contributed by atoms with E-state index in [2.05, 4.69) is 52.8 Å². The third-order valence-corrected chi connectivity index (χ3v) is 9.00. The van der Waals surface area contributed by atoms with Crippen LogP contribution in [0.25, 0.3) is 0 Å². The molecule has 1 aromatic carbocycles. The van der Waals surface area contributed by atoms with Crippen molar-refractivity contribution in [3.63, 3.8) is 0 Å². The lowest BCUT2D eigenvalue weighted by Crippen LogP contribution is -2.61. The number of nitrogens with one attached hydrogen (secondary N) is 9. The molecule has 0 spiro atoms. The van der Waals surface area contributed by atoms with Gasteiger partial charge in [0, 0.05) is 26.4 Å². The molecule has 0 aliphatic carbocycles. The van der Waals surface area contributed by atoms with Crippen molar-refractivity contribution in [2.45, 2.75) is 116 Å². The van der Waals surface area contributed by atoms with Gasteiger partial charge in [0.15, 0.2) is 5.96 Å². The lowest BCUT2D eigenvalue weighted by atomic mass is 10.0. The summed E-state index contributed by atoms with van der Waals surface area (Å²) in [6.07, 6.45) is 0.481. The van der Waals surface area contributed by atoms with Crippen LogP contribution in [0.4, 0.5) is 0 Å². The minimum atomic E-state index is -1.46. The number of benzene rings is 1. The molecule has 1 fully saturated rings. The lowest BCUT2D eigenvalue weighted by Gasteiger charge is -2.27. The normalized spacial score (nSPS) is 19.5. The molecule has 326 valence electrons. The number of nitrogens with zero attached hydrogens (tertiary/aromatic N) is 1. The lowest BCUT2D eigenvalue weighted by molar-refractivity contribution is -0.135. The van der Waals surface area contributed by atoms with Crippen LogP contribution in [0.15, 0.2) is 35.3 Å². The summed E-state index contributed by atoms with van der Waals surface area (Å²) in [5.41, 5.74) is 11.6. The van der Waals surface area contributed by atoms with Crippen molar-refractivity contribution >= 4 is 59.1 Å². The van der Waals surface area contributed by atoms with Gasteiger partial charge in [0.1, 0.15) is 42.3 Å². The van der Waals surface area contributed by atoms with Gasteiger partial charge in [0.25, 0.3) is 0 Å². The summed E-state index contributed by atoms with van der Waals surface area (Å²) in [4.78, 5) is 122. The summed E-state index contributed by atoms with van der Waals surface area (Å²) in [7, 11) is 0. The molecule has 7 atom stereocenters. The third kappa shape index (κ3) is 17.8. The van der Waals surface area contributed by atoms with Crippen molar-refractivity contribution in [1.82, 2.24) is 47.9 Å². The number of guanidine groups is 1. The van der Waals surface area contributed by atoms with E-state index < -0.39 is 109 Å². The van der Waals surface area contributed by atoms with E-state index in [-0.39, 0.29) is 50.5 Å². The van der Waals surface area contributed by atoms with Crippen LogP contribution in [0.2, 0.25) is 0 Å². The zero-order chi connectivity index (χ0) is 44.2. The smallest absolute Gasteiger partial charge is 0.245 e. The van der Waals surface area contributed by atoms with Gasteiger partial charge in [0.2, 0.25) is 53.2 Å². The summed E-state index contributed by atoms with van der Waals surface area (Å²) < 4.78 is 0. The maximum absolute atomic E-state index is 13.9. The van der Waals surface area contributed by atoms with Crippen molar-refractivity contribution in [1.29, 1.82) is 0 Å². The van der Waals surface area contributed by atoms with Gasteiger partial charge in [-0.05, 0) is 51.0 Å². The van der Waals surface area contributed by atoms with Gasteiger partial charge in [-0.15, -0.1) is 0 Å². The molecule has 59 heavy (non-hydrogen) atoms.